The van der Waals surface area contributed by atoms with Crippen molar-refractivity contribution in [2.45, 2.75) is 70.6 Å². The molecular weight excluding hydrogens is 523 g/mol. The first-order valence-corrected chi connectivity index (χ1v) is 14.1. The van der Waals surface area contributed by atoms with Crippen LogP contribution < -0.4 is 15.4 Å². The Balaban J connectivity index is 1.29. The molecule has 1 aromatic carbocycles. The van der Waals surface area contributed by atoms with Crippen molar-refractivity contribution >= 4 is 17.5 Å². The van der Waals surface area contributed by atoms with E-state index in [9.17, 15) is 18.0 Å². The number of amides is 1. The molecule has 3 aliphatic rings. The zero-order valence-electron chi connectivity index (χ0n) is 23.1. The number of aromatic nitrogens is 2. The molecule has 11 heteroatoms. The normalized spacial score (nSPS) is 25.0. The number of morpholine rings is 1. The van der Waals surface area contributed by atoms with Gasteiger partial charge in [-0.1, -0.05) is 18.9 Å². The topological polar surface area (TPSA) is 88.6 Å². The summed E-state index contributed by atoms with van der Waals surface area (Å²) in [5, 5.41) is 6.16. The number of anilines is 2. The molecule has 3 fully saturated rings. The number of hydrogen-bond acceptors (Lipinski definition) is 7. The number of alkyl halides is 3. The molecule has 1 aromatic heterocycles. The van der Waals surface area contributed by atoms with Crippen molar-refractivity contribution in [1.82, 2.24) is 20.2 Å². The zero-order valence-corrected chi connectivity index (χ0v) is 23.1. The first-order chi connectivity index (χ1) is 19.2. The maximum atomic E-state index is 13.9. The Labute approximate surface area is 233 Å². The van der Waals surface area contributed by atoms with Crippen LogP contribution in [0.4, 0.5) is 24.8 Å². The van der Waals surface area contributed by atoms with Crippen molar-refractivity contribution in [2.75, 3.05) is 38.7 Å². The van der Waals surface area contributed by atoms with Crippen LogP contribution in [0.1, 0.15) is 62.3 Å². The highest BCUT2D eigenvalue weighted by Crippen LogP contribution is 2.63. The number of nitrogens with zero attached hydrogens (tertiary/aromatic N) is 3. The van der Waals surface area contributed by atoms with Gasteiger partial charge in [0, 0.05) is 38.8 Å². The third kappa shape index (κ3) is 6.52. The first-order valence-electron chi connectivity index (χ1n) is 14.1. The Morgan fingerprint density at radius 3 is 2.77 bits per heavy atom. The summed E-state index contributed by atoms with van der Waals surface area (Å²) in [6.45, 7) is 5.43. The van der Waals surface area contributed by atoms with Crippen LogP contribution in [0.5, 0.6) is 5.75 Å². The summed E-state index contributed by atoms with van der Waals surface area (Å²) in [4.78, 5) is 22.4. The predicted molar refractivity (Wildman–Crippen MR) is 144 cm³/mol. The number of nitrogens with one attached hydrogen (secondary N) is 2. The smallest absolute Gasteiger partial charge is 0.419 e. The molecule has 2 aliphatic carbocycles. The third-order valence-corrected chi connectivity index (χ3v) is 8.66. The van der Waals surface area contributed by atoms with Gasteiger partial charge in [-0.3, -0.25) is 9.69 Å². The van der Waals surface area contributed by atoms with Crippen molar-refractivity contribution in [3.05, 3.63) is 41.2 Å². The van der Waals surface area contributed by atoms with Crippen molar-refractivity contribution in [3.63, 3.8) is 0 Å². The van der Waals surface area contributed by atoms with Gasteiger partial charge < -0.3 is 20.1 Å². The monoisotopic (exact) mass is 561 g/mol. The third-order valence-electron chi connectivity index (χ3n) is 8.66. The largest absolute Gasteiger partial charge is 0.495 e. The summed E-state index contributed by atoms with van der Waals surface area (Å²) in [6.07, 6.45) is 2.14. The highest BCUT2D eigenvalue weighted by atomic mass is 19.4. The number of hydrogen-bond donors (Lipinski definition) is 2. The van der Waals surface area contributed by atoms with Gasteiger partial charge >= 0.3 is 6.18 Å². The molecule has 5 rings (SSSR count). The molecule has 0 bridgehead atoms. The van der Waals surface area contributed by atoms with Gasteiger partial charge in [0.2, 0.25) is 11.9 Å². The van der Waals surface area contributed by atoms with Gasteiger partial charge in [0.25, 0.3) is 0 Å². The number of carbonyl (C=O) groups excluding carboxylic acids is 1. The first kappa shape index (κ1) is 28.6. The highest BCUT2D eigenvalue weighted by Gasteiger charge is 2.58. The number of benzene rings is 1. The van der Waals surface area contributed by atoms with Crippen LogP contribution in [-0.4, -0.2) is 60.2 Å². The van der Waals surface area contributed by atoms with Crippen LogP contribution in [0.2, 0.25) is 0 Å². The fourth-order valence-corrected chi connectivity index (χ4v) is 6.54. The molecule has 1 unspecified atom stereocenters. The second kappa shape index (κ2) is 11.9. The lowest BCUT2D eigenvalue weighted by molar-refractivity contribution is -0.138. The SMILES string of the molecule is COc1cc(CN2CCOCC2)ccc1Nc1ncc(C(F)(F)F)c(CCC2C[C@@]23CCCC[C@H]3NC(C)=O)n1. The number of methoxy groups -OCH3 is 1. The van der Waals surface area contributed by atoms with Gasteiger partial charge in [0.15, 0.2) is 0 Å². The minimum absolute atomic E-state index is 0.00671. The second-order valence-electron chi connectivity index (χ2n) is 11.3. The van der Waals surface area contributed by atoms with Crippen molar-refractivity contribution < 1.29 is 27.4 Å². The Hall–Kier alpha value is -2.92. The molecule has 2 aromatic rings. The van der Waals surface area contributed by atoms with Gasteiger partial charge in [-0.25, -0.2) is 9.97 Å². The van der Waals surface area contributed by atoms with Gasteiger partial charge in [0.05, 0.1) is 37.3 Å². The van der Waals surface area contributed by atoms with E-state index in [1.165, 1.54) is 6.92 Å². The van der Waals surface area contributed by atoms with Gasteiger partial charge in [-0.15, -0.1) is 0 Å². The van der Waals surface area contributed by atoms with E-state index >= 15 is 0 Å². The number of ether oxygens (including phenoxy) is 2. The van der Waals surface area contributed by atoms with E-state index < -0.39 is 11.7 Å². The molecule has 1 saturated heterocycles. The van der Waals surface area contributed by atoms with E-state index in [1.54, 1.807) is 7.11 Å². The fraction of sp³-hybridized carbons (Fsp3) is 0.621. The summed E-state index contributed by atoms with van der Waals surface area (Å²) in [7, 11) is 1.56. The van der Waals surface area contributed by atoms with E-state index in [0.29, 0.717) is 31.1 Å². The number of rotatable bonds is 9. The molecule has 40 heavy (non-hydrogen) atoms. The minimum atomic E-state index is -4.54. The van der Waals surface area contributed by atoms with Gasteiger partial charge in [-0.05, 0) is 61.1 Å². The zero-order chi connectivity index (χ0) is 28.3. The Bertz CT molecular complexity index is 1200. The quantitative estimate of drug-likeness (QED) is 0.441. The summed E-state index contributed by atoms with van der Waals surface area (Å²) in [6, 6.07) is 5.83. The van der Waals surface area contributed by atoms with Crippen LogP contribution in [0.15, 0.2) is 24.4 Å². The highest BCUT2D eigenvalue weighted by molar-refractivity contribution is 5.73. The average Bonchev–Trinajstić information content (AvgIpc) is 3.62. The standard InChI is InChI=1S/C29H38F3N5O3/c1-19(38)34-26-5-3-4-10-28(26)16-21(28)7-9-23-22(29(30,31)32)17-33-27(35-23)36-24-8-6-20(15-25(24)39-2)18-37-11-13-40-14-12-37/h6,8,15,17,21,26H,3-5,7,9-14,16,18H2,1-2H3,(H,34,38)(H,33,35,36)/t21?,26-,28+/m1/s1. The summed E-state index contributed by atoms with van der Waals surface area (Å²) in [5.41, 5.74) is 0.842. The molecule has 1 spiro atoms. The Morgan fingerprint density at radius 2 is 2.05 bits per heavy atom. The molecular formula is C29H38F3N5O3. The van der Waals surface area contributed by atoms with E-state index in [1.807, 2.05) is 18.2 Å². The van der Waals surface area contributed by atoms with Crippen molar-refractivity contribution in [2.24, 2.45) is 11.3 Å². The van der Waals surface area contributed by atoms with Crippen LogP contribution >= 0.6 is 0 Å². The minimum Gasteiger partial charge on any atom is -0.495 e. The van der Waals surface area contributed by atoms with Gasteiger partial charge in [0.1, 0.15) is 5.75 Å². The van der Waals surface area contributed by atoms with E-state index in [4.69, 9.17) is 9.47 Å². The lowest BCUT2D eigenvalue weighted by Gasteiger charge is -2.33. The lowest BCUT2D eigenvalue weighted by atomic mass is 9.79. The van der Waals surface area contributed by atoms with Crippen LogP contribution in [0, 0.1) is 11.3 Å². The molecule has 3 atom stereocenters. The second-order valence-corrected chi connectivity index (χ2v) is 11.3. The average molecular weight is 562 g/mol. The lowest BCUT2D eigenvalue weighted by Crippen LogP contribution is -2.43. The molecule has 2 saturated carbocycles. The molecule has 2 heterocycles. The number of aryl methyl sites for hydroxylation is 1. The maximum absolute atomic E-state index is 13.9. The maximum Gasteiger partial charge on any atom is 0.419 e. The summed E-state index contributed by atoms with van der Waals surface area (Å²) in [5.74, 6) is 0.891. The number of carbonyl (C=O) groups is 1. The molecule has 1 aliphatic heterocycles. The molecule has 1 amide bonds. The van der Waals surface area contributed by atoms with E-state index in [2.05, 4.69) is 25.5 Å². The predicted octanol–water partition coefficient (Wildman–Crippen LogP) is 5.10. The summed E-state index contributed by atoms with van der Waals surface area (Å²) >= 11 is 0. The van der Waals surface area contributed by atoms with Gasteiger partial charge in [-0.2, -0.15) is 13.2 Å². The Morgan fingerprint density at radius 1 is 1.25 bits per heavy atom. The molecule has 8 nitrogen and oxygen atoms in total. The fourth-order valence-electron chi connectivity index (χ4n) is 6.54. The molecule has 218 valence electrons. The Kier molecular flexibility index (Phi) is 8.51. The van der Waals surface area contributed by atoms with Crippen LogP contribution in [-0.2, 0) is 28.7 Å². The van der Waals surface area contributed by atoms with E-state index in [0.717, 1.165) is 63.5 Å². The van der Waals surface area contributed by atoms with Crippen molar-refractivity contribution in [1.29, 1.82) is 0 Å². The number of halogens is 3. The molecule has 0 radical (unpaired) electrons. The summed E-state index contributed by atoms with van der Waals surface area (Å²) < 4.78 is 52.6. The van der Waals surface area contributed by atoms with E-state index in [-0.39, 0.29) is 41.3 Å². The molecule has 2 N–H and O–H groups in total. The van der Waals surface area contributed by atoms with Crippen molar-refractivity contribution in [3.8, 4) is 5.75 Å². The van der Waals surface area contributed by atoms with Crippen LogP contribution in [0.3, 0.4) is 0 Å². The van der Waals surface area contributed by atoms with Crippen LogP contribution in [0.25, 0.3) is 0 Å².